The van der Waals surface area contributed by atoms with E-state index in [9.17, 15) is 34.5 Å². The zero-order valence-electron chi connectivity index (χ0n) is 34.9. The zero-order valence-corrected chi connectivity index (χ0v) is 34.9. The topological polar surface area (TPSA) is 206 Å². The lowest BCUT2D eigenvalue weighted by Gasteiger charge is -2.29. The highest BCUT2D eigenvalue weighted by Gasteiger charge is 2.32. The number of ether oxygens (including phenoxy) is 2. The highest BCUT2D eigenvalue weighted by molar-refractivity contribution is 6.25. The number of fused-ring (bicyclic) bond motifs is 16. The van der Waals surface area contributed by atoms with Crippen LogP contribution in [0.4, 0.5) is 5.69 Å². The summed E-state index contributed by atoms with van der Waals surface area (Å²) < 4.78 is 17.8. The Kier molecular flexibility index (Phi) is 15.0. The van der Waals surface area contributed by atoms with Gasteiger partial charge in [0.1, 0.15) is 28.6 Å². The molecular weight excluding hydrogens is 744 g/mol. The second-order valence-corrected chi connectivity index (χ2v) is 15.5. The van der Waals surface area contributed by atoms with Crippen LogP contribution in [0.25, 0.3) is 33.0 Å². The lowest BCUT2D eigenvalue weighted by Crippen LogP contribution is -2.37. The van der Waals surface area contributed by atoms with Gasteiger partial charge in [0.25, 0.3) is 5.91 Å². The smallest absolute Gasteiger partial charge is 0.303 e. The van der Waals surface area contributed by atoms with Crippen LogP contribution in [0.15, 0.2) is 63.6 Å². The van der Waals surface area contributed by atoms with E-state index in [4.69, 9.17) is 24.0 Å². The molecule has 1 aromatic heterocycles. The summed E-state index contributed by atoms with van der Waals surface area (Å²) in [5.41, 5.74) is 0.175. The van der Waals surface area contributed by atoms with Crippen molar-refractivity contribution in [2.45, 2.75) is 106 Å². The molecule has 0 saturated carbocycles. The van der Waals surface area contributed by atoms with Crippen LogP contribution in [0.3, 0.4) is 0 Å². The van der Waals surface area contributed by atoms with Gasteiger partial charge in [0, 0.05) is 30.6 Å². The fraction of sp³-hybridized carbons (Fsp3) is 0.444. The molecule has 0 radical (unpaired) electrons. The Labute approximate surface area is 338 Å². The van der Waals surface area contributed by atoms with Crippen LogP contribution in [0.2, 0.25) is 0 Å². The predicted octanol–water partition coefficient (Wildman–Crippen LogP) is 7.87. The van der Waals surface area contributed by atoms with Crippen LogP contribution >= 0.6 is 0 Å². The second kappa shape index (κ2) is 19.3. The third-order valence-electron chi connectivity index (χ3n) is 10.5. The minimum absolute atomic E-state index is 0.0424. The first-order valence-corrected chi connectivity index (χ1v) is 19.5. The van der Waals surface area contributed by atoms with Crippen molar-refractivity contribution in [2.75, 3.05) is 12.4 Å². The molecule has 1 amide bonds. The molecule has 312 valence electrons. The zero-order chi connectivity index (χ0) is 43.2. The molecular formula is C45H56N2O11. The van der Waals surface area contributed by atoms with Crippen molar-refractivity contribution in [1.82, 2.24) is 4.98 Å². The number of carbonyl (C=O) groups is 3. The van der Waals surface area contributed by atoms with Gasteiger partial charge < -0.3 is 39.6 Å². The normalized spacial score (nSPS) is 24.7. The number of rotatable bonds is 2. The first-order valence-electron chi connectivity index (χ1n) is 19.5. The Balaban J connectivity index is 0.00000366. The number of esters is 1. The van der Waals surface area contributed by atoms with Gasteiger partial charge in [-0.15, -0.1) is 0 Å². The fourth-order valence-electron chi connectivity index (χ4n) is 7.26. The van der Waals surface area contributed by atoms with E-state index in [0.717, 1.165) is 12.7 Å². The van der Waals surface area contributed by atoms with Crippen LogP contribution < -0.4 is 10.7 Å². The Morgan fingerprint density at radius 2 is 1.69 bits per heavy atom. The molecule has 4 bridgehead atoms. The first-order chi connectivity index (χ1) is 27.4. The summed E-state index contributed by atoms with van der Waals surface area (Å²) in [5, 5.41) is 43.8. The van der Waals surface area contributed by atoms with Crippen molar-refractivity contribution >= 4 is 56.3 Å². The van der Waals surface area contributed by atoms with Gasteiger partial charge in [0.15, 0.2) is 28.4 Å². The highest BCUT2D eigenvalue weighted by Crippen LogP contribution is 2.47. The van der Waals surface area contributed by atoms with E-state index >= 15 is 0 Å². The quantitative estimate of drug-likeness (QED) is 0.0568. The van der Waals surface area contributed by atoms with Crippen LogP contribution in [0.5, 0.6) is 11.5 Å². The fourth-order valence-corrected chi connectivity index (χ4v) is 7.26. The number of phenols is 2. The lowest BCUT2D eigenvalue weighted by molar-refractivity contribution is -0.157. The van der Waals surface area contributed by atoms with Crippen molar-refractivity contribution in [3.8, 4) is 11.5 Å². The van der Waals surface area contributed by atoms with Gasteiger partial charge in [0.05, 0.1) is 23.3 Å². The summed E-state index contributed by atoms with van der Waals surface area (Å²) in [6.07, 6.45) is 6.74. The van der Waals surface area contributed by atoms with Crippen molar-refractivity contribution < 1.29 is 48.7 Å². The standard InChI is InChI=1S/C44H52N2O10.CH4O/c1-21(2)29-15-16-30-32(20-29)56-43-36(45-30)33-34-38(49)26(7)39(50)35(33)41(52)37(43)46-44(53)25(6)13-10-12-22(3)18-23(4)19-31(48)42(55-28(9)47)24(5)14-11-17-54-27(8)40(34)51;1-2/h10-13,15-17,20-24,27,31,42,48,50,52H,14,18-19H2,1-9H3,(H,46,53);2H,1H3/b12-10+,17-11+,25-13+;/t22?,23-,24-,27?,31?,42?;/m0./s1. The molecule has 3 heterocycles. The average molecular weight is 801 g/mol. The third kappa shape index (κ3) is 9.76. The lowest BCUT2D eigenvalue weighted by atomic mass is 9.87. The second-order valence-electron chi connectivity index (χ2n) is 15.5. The predicted molar refractivity (Wildman–Crippen MR) is 224 cm³/mol. The number of benzene rings is 3. The molecule has 0 aliphatic carbocycles. The van der Waals surface area contributed by atoms with E-state index in [1.54, 1.807) is 37.3 Å². The van der Waals surface area contributed by atoms with Gasteiger partial charge in [-0.1, -0.05) is 58.9 Å². The average Bonchev–Trinajstić information content (AvgIpc) is 3.17. The van der Waals surface area contributed by atoms with E-state index in [0.29, 0.717) is 30.4 Å². The Hall–Kier alpha value is -5.53. The molecule has 2 aliphatic heterocycles. The molecule has 3 aromatic carbocycles. The minimum atomic E-state index is -1.23. The number of hydrogen-bond donors (Lipinski definition) is 5. The van der Waals surface area contributed by atoms with E-state index in [2.05, 4.69) is 5.32 Å². The van der Waals surface area contributed by atoms with Crippen LogP contribution in [-0.2, 0) is 19.1 Å². The summed E-state index contributed by atoms with van der Waals surface area (Å²) in [6.45, 7) is 15.6. The largest absolute Gasteiger partial charge is 0.507 e. The number of nitrogens with one attached hydrogen (secondary N) is 1. The van der Waals surface area contributed by atoms with Gasteiger partial charge in [-0.3, -0.25) is 19.2 Å². The molecule has 2 aliphatic rings. The summed E-state index contributed by atoms with van der Waals surface area (Å²) >= 11 is 0. The van der Waals surface area contributed by atoms with E-state index < -0.39 is 52.9 Å². The molecule has 13 heteroatoms. The van der Waals surface area contributed by atoms with Gasteiger partial charge in [-0.05, 0) is 87.5 Å². The number of aliphatic hydroxyl groups excluding tert-OH is 2. The number of amides is 1. The number of aromatic nitrogens is 1. The number of anilines is 1. The molecule has 4 aromatic rings. The summed E-state index contributed by atoms with van der Waals surface area (Å²) in [7, 11) is 1.00. The summed E-state index contributed by atoms with van der Waals surface area (Å²) in [6, 6.07) is 5.41. The molecule has 0 spiro atoms. The van der Waals surface area contributed by atoms with Crippen LogP contribution in [0, 0.1) is 24.7 Å². The number of aromatic hydroxyl groups is 2. The maximum absolute atomic E-state index is 14.3. The van der Waals surface area contributed by atoms with Crippen molar-refractivity contribution in [3.63, 3.8) is 0 Å². The van der Waals surface area contributed by atoms with Crippen molar-refractivity contribution in [1.29, 1.82) is 0 Å². The molecule has 5 N–H and O–H groups in total. The van der Waals surface area contributed by atoms with Gasteiger partial charge in [0.2, 0.25) is 5.78 Å². The van der Waals surface area contributed by atoms with E-state index in [1.165, 1.54) is 27.0 Å². The Bertz CT molecular complexity index is 2340. The van der Waals surface area contributed by atoms with E-state index in [1.807, 2.05) is 46.8 Å². The summed E-state index contributed by atoms with van der Waals surface area (Å²) in [5.74, 6) is -3.14. The summed E-state index contributed by atoms with van der Waals surface area (Å²) in [4.78, 5) is 58.8. The van der Waals surface area contributed by atoms with Crippen molar-refractivity contribution in [2.24, 2.45) is 17.8 Å². The maximum atomic E-state index is 14.3. The number of carbonyl (C=O) groups excluding carboxylic acids is 3. The molecule has 4 unspecified atom stereocenters. The van der Waals surface area contributed by atoms with Crippen LogP contribution in [-0.4, -0.2) is 68.5 Å². The van der Waals surface area contributed by atoms with Crippen LogP contribution in [0.1, 0.15) is 102 Å². The van der Waals surface area contributed by atoms with E-state index in [-0.39, 0.29) is 67.9 Å². The molecule has 6 rings (SSSR count). The SMILES string of the molecule is CC(=O)OC1C(O)C[C@@H](C)CC(C)/C=C/C=C(\C)C(=O)Nc2c(O)c3c(O)c(C)c(=O)c(c3c3nc4ccc(C(C)C)cc4oc23)C(=O)C(C)O/C=C/C[C@@H]1C.CO. The van der Waals surface area contributed by atoms with Crippen molar-refractivity contribution in [3.05, 3.63) is 81.3 Å². The van der Waals surface area contributed by atoms with Gasteiger partial charge in [-0.25, -0.2) is 4.98 Å². The number of ketones is 1. The number of aliphatic hydroxyl groups is 2. The Morgan fingerprint density at radius 1 is 1.00 bits per heavy atom. The highest BCUT2D eigenvalue weighted by atomic mass is 16.6. The first kappa shape index (κ1) is 45.2. The molecule has 0 fully saturated rings. The number of hydrogen-bond acceptors (Lipinski definition) is 12. The number of allylic oxidation sites excluding steroid dienone is 4. The number of phenolic OH excluding ortho intramolecular Hbond substituents is 2. The van der Waals surface area contributed by atoms with Gasteiger partial charge >= 0.3 is 5.97 Å². The van der Waals surface area contributed by atoms with Gasteiger partial charge in [-0.2, -0.15) is 0 Å². The number of nitrogens with zero attached hydrogens (tertiary/aromatic N) is 1. The maximum Gasteiger partial charge on any atom is 0.303 e. The minimum Gasteiger partial charge on any atom is -0.507 e. The molecule has 6 atom stereocenters. The monoisotopic (exact) mass is 800 g/mol. The number of Topliss-reactive ketones (excluding diaryl/α,β-unsaturated/α-hetero) is 1. The third-order valence-corrected chi connectivity index (χ3v) is 10.5. The Morgan fingerprint density at radius 3 is 2.34 bits per heavy atom. The molecule has 58 heavy (non-hydrogen) atoms. The molecule has 0 saturated heterocycles. The molecule has 13 nitrogen and oxygen atoms in total.